The number of carbonyl (C=O) groups excluding carboxylic acids is 1. The molecule has 5 nitrogen and oxygen atoms in total. The third-order valence-corrected chi connectivity index (χ3v) is 7.87. The second kappa shape index (κ2) is 9.81. The van der Waals surface area contributed by atoms with Gasteiger partial charge in [0.25, 0.3) is 5.56 Å². The average Bonchev–Trinajstić information content (AvgIpc) is 3.61. The van der Waals surface area contributed by atoms with E-state index in [-0.39, 0.29) is 28.3 Å². The van der Waals surface area contributed by atoms with Gasteiger partial charge in [-0.1, -0.05) is 45.0 Å². The minimum atomic E-state index is -0.760. The monoisotopic (exact) mass is 492 g/mol. The summed E-state index contributed by atoms with van der Waals surface area (Å²) in [6.45, 7) is 13.3. The Morgan fingerprint density at radius 2 is 1.64 bits per heavy atom. The molecule has 0 bridgehead atoms. The highest BCUT2D eigenvalue weighted by molar-refractivity contribution is 5.77. The van der Waals surface area contributed by atoms with Crippen molar-refractivity contribution in [3.8, 4) is 11.1 Å². The number of benzene rings is 1. The van der Waals surface area contributed by atoms with Crippen LogP contribution in [0.5, 0.6) is 0 Å². The molecule has 1 amide bonds. The van der Waals surface area contributed by atoms with Crippen LogP contribution >= 0.6 is 0 Å². The topological polar surface area (TPSA) is 62.5 Å². The Labute approximate surface area is 216 Å². The highest BCUT2D eigenvalue weighted by Gasteiger charge is 2.42. The maximum atomic E-state index is 13.3. The first-order valence-electron chi connectivity index (χ1n) is 13.6. The molecule has 4 rings (SSSR count). The predicted octanol–water partition coefficient (Wildman–Crippen LogP) is 6.51. The molecular weight excluding hydrogens is 448 g/mol. The van der Waals surface area contributed by atoms with Gasteiger partial charge in [-0.3, -0.25) is 9.59 Å². The number of aromatic nitrogens is 1. The summed E-state index contributed by atoms with van der Waals surface area (Å²) in [4.78, 5) is 27.8. The van der Waals surface area contributed by atoms with Gasteiger partial charge >= 0.3 is 0 Å². The van der Waals surface area contributed by atoms with Crippen molar-refractivity contribution in [2.75, 3.05) is 6.54 Å². The number of aliphatic hydroxyl groups is 1. The molecule has 196 valence electrons. The fraction of sp³-hybridized carbons (Fsp3) is 0.613. The van der Waals surface area contributed by atoms with Gasteiger partial charge < -0.3 is 14.6 Å². The largest absolute Gasteiger partial charge is 0.390 e. The Hall–Kier alpha value is -2.40. The molecule has 2 aromatic rings. The second-order valence-electron chi connectivity index (χ2n) is 13.3. The number of hydrogen-bond donors (Lipinski definition) is 1. The van der Waals surface area contributed by atoms with E-state index < -0.39 is 5.60 Å². The summed E-state index contributed by atoms with van der Waals surface area (Å²) >= 11 is 0. The Morgan fingerprint density at radius 3 is 2.19 bits per heavy atom. The highest BCUT2D eigenvalue weighted by atomic mass is 16.3. The number of carbonyl (C=O) groups is 1. The molecule has 1 aliphatic heterocycles. The molecule has 36 heavy (non-hydrogen) atoms. The Balaban J connectivity index is 1.50. The van der Waals surface area contributed by atoms with Crippen molar-refractivity contribution in [3.63, 3.8) is 0 Å². The predicted molar refractivity (Wildman–Crippen MR) is 146 cm³/mol. The third kappa shape index (κ3) is 6.47. The van der Waals surface area contributed by atoms with Crippen molar-refractivity contribution in [2.45, 2.75) is 104 Å². The summed E-state index contributed by atoms with van der Waals surface area (Å²) in [5, 5.41) is 10.7. The molecule has 1 aromatic carbocycles. The first-order chi connectivity index (χ1) is 16.8. The number of pyridine rings is 1. The molecule has 2 heterocycles. The van der Waals surface area contributed by atoms with E-state index >= 15 is 0 Å². The van der Waals surface area contributed by atoms with Crippen molar-refractivity contribution in [1.82, 2.24) is 9.47 Å². The second-order valence-corrected chi connectivity index (χ2v) is 13.3. The minimum absolute atomic E-state index is 0.0259. The van der Waals surface area contributed by atoms with Gasteiger partial charge in [-0.25, -0.2) is 0 Å². The standard InChI is InChI=1S/C31H44N2O3/c1-22(23-7-9-24(10-8-23)25-14-17-33(26-11-12-26)28(35)19-25)32-18-16-31(15-13-27(32)34,20-29(2,3)4)21-30(5,6)36/h7-10,14,17,19,22,26,36H,11-13,15-16,18,20-21H2,1-6H3/t22-,31?/m0/s1. The van der Waals surface area contributed by atoms with Gasteiger partial charge in [-0.15, -0.1) is 0 Å². The van der Waals surface area contributed by atoms with E-state index in [9.17, 15) is 14.7 Å². The number of hydrogen-bond acceptors (Lipinski definition) is 3. The first kappa shape index (κ1) is 26.7. The molecular formula is C31H44N2O3. The molecule has 1 saturated heterocycles. The zero-order chi connectivity index (χ0) is 26.3. The molecule has 5 heteroatoms. The van der Waals surface area contributed by atoms with Crippen molar-refractivity contribution in [1.29, 1.82) is 0 Å². The zero-order valence-corrected chi connectivity index (χ0v) is 23.0. The van der Waals surface area contributed by atoms with Gasteiger partial charge in [0.1, 0.15) is 0 Å². The lowest BCUT2D eigenvalue weighted by molar-refractivity contribution is -0.132. The van der Waals surface area contributed by atoms with E-state index in [1.54, 1.807) is 6.07 Å². The van der Waals surface area contributed by atoms with Gasteiger partial charge in [-0.05, 0) is 92.9 Å². The van der Waals surface area contributed by atoms with Crippen molar-refractivity contribution >= 4 is 5.91 Å². The van der Waals surface area contributed by atoms with Crippen LogP contribution in [-0.4, -0.2) is 32.6 Å². The summed E-state index contributed by atoms with van der Waals surface area (Å²) in [6, 6.07) is 12.4. The fourth-order valence-electron chi connectivity index (χ4n) is 6.45. The van der Waals surface area contributed by atoms with Crippen molar-refractivity contribution in [3.05, 3.63) is 58.5 Å². The quantitative estimate of drug-likeness (QED) is 0.479. The first-order valence-corrected chi connectivity index (χ1v) is 13.6. The van der Waals surface area contributed by atoms with E-state index in [1.165, 1.54) is 0 Å². The van der Waals surface area contributed by atoms with Crippen LogP contribution < -0.4 is 5.56 Å². The SMILES string of the molecule is C[C@@H](c1ccc(-c2ccn(C3CC3)c(=O)c2)cc1)N1CCC(CC(C)(C)C)(CC(C)(C)O)CCC1=O. The van der Waals surface area contributed by atoms with E-state index in [2.05, 4.69) is 52.0 Å². The summed E-state index contributed by atoms with van der Waals surface area (Å²) in [5.74, 6) is 0.196. The lowest BCUT2D eigenvalue weighted by Crippen LogP contribution is -2.37. The Bertz CT molecular complexity index is 1110. The van der Waals surface area contributed by atoms with Crippen molar-refractivity contribution < 1.29 is 9.90 Å². The molecule has 0 spiro atoms. The molecule has 2 atom stereocenters. The summed E-state index contributed by atoms with van der Waals surface area (Å²) in [7, 11) is 0. The summed E-state index contributed by atoms with van der Waals surface area (Å²) in [5.41, 5.74) is 2.43. The molecule has 1 N–H and O–H groups in total. The van der Waals surface area contributed by atoms with Gasteiger partial charge in [0.15, 0.2) is 0 Å². The van der Waals surface area contributed by atoms with Crippen LogP contribution in [0.4, 0.5) is 0 Å². The normalized spacial score (nSPS) is 22.4. The number of likely N-dealkylation sites (tertiary alicyclic amines) is 1. The molecule has 1 aliphatic carbocycles. The fourth-order valence-corrected chi connectivity index (χ4v) is 6.45. The van der Waals surface area contributed by atoms with Gasteiger partial charge in [-0.2, -0.15) is 0 Å². The Morgan fingerprint density at radius 1 is 0.972 bits per heavy atom. The van der Waals surface area contributed by atoms with E-state index in [0.29, 0.717) is 25.4 Å². The maximum absolute atomic E-state index is 13.3. The van der Waals surface area contributed by atoms with Crippen molar-refractivity contribution in [2.24, 2.45) is 10.8 Å². The molecule has 1 saturated carbocycles. The smallest absolute Gasteiger partial charge is 0.251 e. The lowest BCUT2D eigenvalue weighted by Gasteiger charge is -2.42. The van der Waals surface area contributed by atoms with Gasteiger partial charge in [0, 0.05) is 31.3 Å². The number of amides is 1. The summed E-state index contributed by atoms with van der Waals surface area (Å²) < 4.78 is 1.84. The van der Waals surface area contributed by atoms with Crippen LogP contribution in [0, 0.1) is 10.8 Å². The third-order valence-electron chi connectivity index (χ3n) is 7.87. The highest BCUT2D eigenvalue weighted by Crippen LogP contribution is 2.48. The molecule has 2 fully saturated rings. The van der Waals surface area contributed by atoms with E-state index in [4.69, 9.17) is 0 Å². The molecule has 0 radical (unpaired) electrons. The Kier molecular flexibility index (Phi) is 7.27. The van der Waals surface area contributed by atoms with Crippen LogP contribution in [0.3, 0.4) is 0 Å². The zero-order valence-electron chi connectivity index (χ0n) is 23.0. The van der Waals surface area contributed by atoms with E-state index in [0.717, 1.165) is 48.8 Å². The van der Waals surface area contributed by atoms with Gasteiger partial charge in [0.05, 0.1) is 11.6 Å². The summed E-state index contributed by atoms with van der Waals surface area (Å²) in [6.07, 6.45) is 8.05. The van der Waals surface area contributed by atoms with Gasteiger partial charge in [0.2, 0.25) is 5.91 Å². The van der Waals surface area contributed by atoms with Crippen LogP contribution in [0.15, 0.2) is 47.4 Å². The molecule has 2 aliphatic rings. The number of rotatable bonds is 7. The molecule has 1 aromatic heterocycles. The van der Waals surface area contributed by atoms with Crippen LogP contribution in [-0.2, 0) is 4.79 Å². The minimum Gasteiger partial charge on any atom is -0.390 e. The number of nitrogens with zero attached hydrogens (tertiary/aromatic N) is 2. The average molecular weight is 493 g/mol. The van der Waals surface area contributed by atoms with Crippen LogP contribution in [0.2, 0.25) is 0 Å². The maximum Gasteiger partial charge on any atom is 0.251 e. The van der Waals surface area contributed by atoms with E-state index in [1.807, 2.05) is 35.6 Å². The molecule has 1 unspecified atom stereocenters. The van der Waals surface area contributed by atoms with Crippen LogP contribution in [0.25, 0.3) is 11.1 Å². The lowest BCUT2D eigenvalue weighted by atomic mass is 9.65. The van der Waals surface area contributed by atoms with Crippen LogP contribution in [0.1, 0.15) is 104 Å².